The zero-order valence-corrected chi connectivity index (χ0v) is 10.1. The van der Waals surface area contributed by atoms with E-state index < -0.39 is 0 Å². The third-order valence-electron chi connectivity index (χ3n) is 2.30. The van der Waals surface area contributed by atoms with Gasteiger partial charge in [-0.3, -0.25) is 9.88 Å². The summed E-state index contributed by atoms with van der Waals surface area (Å²) in [5.74, 6) is 1.39. The molecule has 0 unspecified atom stereocenters. The molecule has 5 nitrogen and oxygen atoms in total. The molecule has 0 radical (unpaired) electrons. The number of nitrogens with two attached hydrogens (primary N) is 1. The number of methoxy groups -OCH3 is 2. The Bertz CT molecular complexity index is 331. The predicted molar refractivity (Wildman–Crippen MR) is 62.7 cm³/mol. The zero-order valence-electron chi connectivity index (χ0n) is 10.1. The Balaban J connectivity index is 2.86. The van der Waals surface area contributed by atoms with Gasteiger partial charge in [0.05, 0.1) is 14.2 Å². The van der Waals surface area contributed by atoms with Crippen molar-refractivity contribution in [2.24, 2.45) is 5.73 Å². The molecule has 0 saturated carbocycles. The SMILES string of the molecule is COc1ccnc(CN(C)CCN)c1OC. The largest absolute Gasteiger partial charge is 0.493 e. The predicted octanol–water partition coefficient (Wildman–Crippen LogP) is 0.489. The van der Waals surface area contributed by atoms with Crippen molar-refractivity contribution < 1.29 is 9.47 Å². The summed E-state index contributed by atoms with van der Waals surface area (Å²) < 4.78 is 10.5. The summed E-state index contributed by atoms with van der Waals surface area (Å²) in [6.45, 7) is 2.14. The van der Waals surface area contributed by atoms with Crippen molar-refractivity contribution >= 4 is 0 Å². The number of hydrogen-bond donors (Lipinski definition) is 1. The van der Waals surface area contributed by atoms with Crippen LogP contribution < -0.4 is 15.2 Å². The summed E-state index contributed by atoms with van der Waals surface area (Å²) in [5.41, 5.74) is 6.35. The normalized spacial score (nSPS) is 10.6. The Hall–Kier alpha value is -1.33. The molecule has 5 heteroatoms. The van der Waals surface area contributed by atoms with E-state index in [0.29, 0.717) is 24.6 Å². The lowest BCUT2D eigenvalue weighted by Gasteiger charge is -2.17. The van der Waals surface area contributed by atoms with E-state index in [1.54, 1.807) is 26.5 Å². The first-order chi connectivity index (χ1) is 7.72. The number of pyridine rings is 1. The van der Waals surface area contributed by atoms with Crippen molar-refractivity contribution in [1.29, 1.82) is 0 Å². The van der Waals surface area contributed by atoms with Gasteiger partial charge in [-0.25, -0.2) is 0 Å². The highest BCUT2D eigenvalue weighted by molar-refractivity contribution is 5.42. The van der Waals surface area contributed by atoms with Crippen molar-refractivity contribution in [3.05, 3.63) is 18.0 Å². The number of hydrogen-bond acceptors (Lipinski definition) is 5. The molecule has 0 atom stereocenters. The van der Waals surface area contributed by atoms with Gasteiger partial charge in [-0.2, -0.15) is 0 Å². The van der Waals surface area contributed by atoms with Crippen molar-refractivity contribution in [1.82, 2.24) is 9.88 Å². The van der Waals surface area contributed by atoms with E-state index in [9.17, 15) is 0 Å². The third-order valence-corrected chi connectivity index (χ3v) is 2.30. The van der Waals surface area contributed by atoms with E-state index >= 15 is 0 Å². The number of nitrogens with zero attached hydrogens (tertiary/aromatic N) is 2. The number of ether oxygens (including phenoxy) is 2. The van der Waals surface area contributed by atoms with Gasteiger partial charge in [-0.05, 0) is 7.05 Å². The van der Waals surface area contributed by atoms with Crippen molar-refractivity contribution in [3.8, 4) is 11.5 Å². The number of aromatic nitrogens is 1. The Morgan fingerprint density at radius 2 is 2.12 bits per heavy atom. The maximum Gasteiger partial charge on any atom is 0.183 e. The summed E-state index contributed by atoms with van der Waals surface area (Å²) in [6.07, 6.45) is 1.72. The molecular formula is C11H19N3O2. The van der Waals surface area contributed by atoms with Crippen LogP contribution >= 0.6 is 0 Å². The average molecular weight is 225 g/mol. The second-order valence-electron chi connectivity index (χ2n) is 3.52. The first kappa shape index (κ1) is 12.7. The summed E-state index contributed by atoms with van der Waals surface area (Å²) >= 11 is 0. The molecule has 0 aliphatic heterocycles. The topological polar surface area (TPSA) is 60.6 Å². The van der Waals surface area contributed by atoms with Gasteiger partial charge >= 0.3 is 0 Å². The molecule has 0 saturated heterocycles. The van der Waals surface area contributed by atoms with Crippen molar-refractivity contribution in [3.63, 3.8) is 0 Å². The minimum absolute atomic E-state index is 0.628. The van der Waals surface area contributed by atoms with Crippen LogP contribution in [-0.2, 0) is 6.54 Å². The highest BCUT2D eigenvalue weighted by atomic mass is 16.5. The first-order valence-electron chi connectivity index (χ1n) is 5.17. The molecule has 0 amide bonds. The van der Waals surface area contributed by atoms with E-state index in [1.165, 1.54) is 0 Å². The summed E-state index contributed by atoms with van der Waals surface area (Å²) in [7, 11) is 5.23. The molecule has 90 valence electrons. The van der Waals surface area contributed by atoms with Crippen LogP contribution in [-0.4, -0.2) is 44.2 Å². The molecule has 0 spiro atoms. The molecule has 0 aliphatic rings. The quantitative estimate of drug-likeness (QED) is 0.763. The van der Waals surface area contributed by atoms with Gasteiger partial charge in [0.1, 0.15) is 5.69 Å². The molecule has 0 aromatic carbocycles. The lowest BCUT2D eigenvalue weighted by molar-refractivity contribution is 0.310. The zero-order chi connectivity index (χ0) is 12.0. The summed E-state index contributed by atoms with van der Waals surface area (Å²) in [4.78, 5) is 6.38. The first-order valence-corrected chi connectivity index (χ1v) is 5.17. The Kier molecular flexibility index (Phi) is 5.01. The second-order valence-corrected chi connectivity index (χ2v) is 3.52. The number of rotatable bonds is 6. The molecule has 1 rings (SSSR count). The molecule has 1 aromatic heterocycles. The number of likely N-dealkylation sites (N-methyl/N-ethyl adjacent to an activating group) is 1. The van der Waals surface area contributed by atoms with Crippen LogP contribution in [0.5, 0.6) is 11.5 Å². The van der Waals surface area contributed by atoms with Gasteiger partial charge in [-0.1, -0.05) is 0 Å². The molecular weight excluding hydrogens is 206 g/mol. The van der Waals surface area contributed by atoms with E-state index in [4.69, 9.17) is 15.2 Å². The van der Waals surface area contributed by atoms with Gasteiger partial charge in [0.2, 0.25) is 0 Å². The molecule has 0 aliphatic carbocycles. The lowest BCUT2D eigenvalue weighted by atomic mass is 10.3. The van der Waals surface area contributed by atoms with E-state index in [-0.39, 0.29) is 0 Å². The van der Waals surface area contributed by atoms with Crippen LogP contribution in [0, 0.1) is 0 Å². The fourth-order valence-electron chi connectivity index (χ4n) is 1.52. The van der Waals surface area contributed by atoms with Crippen molar-refractivity contribution in [2.75, 3.05) is 34.4 Å². The van der Waals surface area contributed by atoms with Gasteiger partial charge in [0, 0.05) is 31.9 Å². The van der Waals surface area contributed by atoms with Crippen LogP contribution in [0.25, 0.3) is 0 Å². The molecule has 1 heterocycles. The minimum Gasteiger partial charge on any atom is -0.493 e. The van der Waals surface area contributed by atoms with Crippen LogP contribution in [0.2, 0.25) is 0 Å². The molecule has 1 aromatic rings. The van der Waals surface area contributed by atoms with Gasteiger partial charge in [-0.15, -0.1) is 0 Å². The standard InChI is InChI=1S/C11H19N3O2/c1-14(7-5-12)8-9-11(16-3)10(15-2)4-6-13-9/h4,6H,5,7-8,12H2,1-3H3. The van der Waals surface area contributed by atoms with Gasteiger partial charge in [0.25, 0.3) is 0 Å². The highest BCUT2D eigenvalue weighted by Crippen LogP contribution is 2.29. The fraction of sp³-hybridized carbons (Fsp3) is 0.545. The molecule has 0 bridgehead atoms. The van der Waals surface area contributed by atoms with Gasteiger partial charge in [0.15, 0.2) is 11.5 Å². The van der Waals surface area contributed by atoms with E-state index in [2.05, 4.69) is 9.88 Å². The molecule has 2 N–H and O–H groups in total. The van der Waals surface area contributed by atoms with E-state index in [1.807, 2.05) is 7.05 Å². The van der Waals surface area contributed by atoms with Crippen LogP contribution in [0.3, 0.4) is 0 Å². The maximum absolute atomic E-state index is 5.49. The lowest BCUT2D eigenvalue weighted by Crippen LogP contribution is -2.25. The monoisotopic (exact) mass is 225 g/mol. The molecule has 0 fully saturated rings. The Morgan fingerprint density at radius 1 is 1.38 bits per heavy atom. The van der Waals surface area contributed by atoms with Crippen LogP contribution in [0.15, 0.2) is 12.3 Å². The highest BCUT2D eigenvalue weighted by Gasteiger charge is 2.12. The summed E-state index contributed by atoms with van der Waals surface area (Å²) in [6, 6.07) is 1.78. The van der Waals surface area contributed by atoms with Crippen molar-refractivity contribution in [2.45, 2.75) is 6.54 Å². The van der Waals surface area contributed by atoms with Crippen LogP contribution in [0.1, 0.15) is 5.69 Å². The van der Waals surface area contributed by atoms with Crippen LogP contribution in [0.4, 0.5) is 0 Å². The Morgan fingerprint density at radius 3 is 2.69 bits per heavy atom. The summed E-state index contributed by atoms with van der Waals surface area (Å²) in [5, 5.41) is 0. The smallest absolute Gasteiger partial charge is 0.183 e. The minimum atomic E-state index is 0.628. The Labute approximate surface area is 96.2 Å². The molecule has 16 heavy (non-hydrogen) atoms. The maximum atomic E-state index is 5.49. The van der Waals surface area contributed by atoms with Gasteiger partial charge < -0.3 is 15.2 Å². The second kappa shape index (κ2) is 6.30. The third kappa shape index (κ3) is 3.08. The average Bonchev–Trinajstić information content (AvgIpc) is 2.29. The fourth-order valence-corrected chi connectivity index (χ4v) is 1.52. The van der Waals surface area contributed by atoms with E-state index in [0.717, 1.165) is 12.2 Å².